The van der Waals surface area contributed by atoms with E-state index in [1.54, 1.807) is 10.4 Å². The molecule has 16 heavy (non-hydrogen) atoms. The van der Waals surface area contributed by atoms with Gasteiger partial charge in [0.05, 0.1) is 0 Å². The van der Waals surface area contributed by atoms with E-state index in [1.807, 2.05) is 11.3 Å². The van der Waals surface area contributed by atoms with Crippen LogP contribution in [0, 0.1) is 0 Å². The summed E-state index contributed by atoms with van der Waals surface area (Å²) in [6.45, 7) is 5.87. The van der Waals surface area contributed by atoms with Crippen molar-refractivity contribution in [1.82, 2.24) is 10.2 Å². The van der Waals surface area contributed by atoms with Crippen LogP contribution in [0.4, 0.5) is 0 Å². The lowest BCUT2D eigenvalue weighted by atomic mass is 9.91. The average molecular weight is 236 g/mol. The van der Waals surface area contributed by atoms with Gasteiger partial charge in [0.25, 0.3) is 0 Å². The molecule has 0 amide bonds. The molecular formula is C13H20N2S. The molecule has 0 spiro atoms. The zero-order valence-electron chi connectivity index (χ0n) is 9.91. The molecule has 1 N–H and O–H groups in total. The predicted molar refractivity (Wildman–Crippen MR) is 69.0 cm³/mol. The highest BCUT2D eigenvalue weighted by molar-refractivity contribution is 7.10. The fourth-order valence-corrected chi connectivity index (χ4v) is 4.11. The SMILES string of the molecule is CC1CNCCN1C1CCCc2sccc21. The van der Waals surface area contributed by atoms with Crippen LogP contribution in [-0.4, -0.2) is 30.6 Å². The van der Waals surface area contributed by atoms with Crippen molar-refractivity contribution < 1.29 is 0 Å². The highest BCUT2D eigenvalue weighted by Crippen LogP contribution is 2.38. The zero-order chi connectivity index (χ0) is 11.0. The van der Waals surface area contributed by atoms with Gasteiger partial charge in [0.2, 0.25) is 0 Å². The number of hydrogen-bond donors (Lipinski definition) is 1. The van der Waals surface area contributed by atoms with E-state index in [0.29, 0.717) is 12.1 Å². The van der Waals surface area contributed by atoms with Gasteiger partial charge in [-0.15, -0.1) is 11.3 Å². The fourth-order valence-electron chi connectivity index (χ4n) is 3.13. The summed E-state index contributed by atoms with van der Waals surface area (Å²) in [5, 5.41) is 5.76. The number of aryl methyl sites for hydroxylation is 1. The Bertz CT molecular complexity index is 361. The lowest BCUT2D eigenvalue weighted by Crippen LogP contribution is -2.51. The lowest BCUT2D eigenvalue weighted by molar-refractivity contribution is 0.105. The summed E-state index contributed by atoms with van der Waals surface area (Å²) in [5.41, 5.74) is 1.63. The van der Waals surface area contributed by atoms with Crippen LogP contribution in [-0.2, 0) is 6.42 Å². The molecule has 2 heterocycles. The first-order chi connectivity index (χ1) is 7.86. The second kappa shape index (κ2) is 4.47. The minimum atomic E-state index is 0.685. The predicted octanol–water partition coefficient (Wildman–Crippen LogP) is 2.42. The summed E-state index contributed by atoms with van der Waals surface area (Å²) in [6.07, 6.45) is 4.03. The van der Waals surface area contributed by atoms with Crippen LogP contribution in [0.15, 0.2) is 11.4 Å². The van der Waals surface area contributed by atoms with Gasteiger partial charge in [0.15, 0.2) is 0 Å². The normalized spacial score (nSPS) is 31.3. The van der Waals surface area contributed by atoms with Gasteiger partial charge < -0.3 is 5.32 Å². The Labute approximate surface area is 102 Å². The molecule has 88 valence electrons. The molecule has 0 saturated carbocycles. The smallest absolute Gasteiger partial charge is 0.0363 e. The van der Waals surface area contributed by atoms with Gasteiger partial charge in [-0.1, -0.05) is 0 Å². The summed E-state index contributed by atoms with van der Waals surface area (Å²) in [5.74, 6) is 0. The number of rotatable bonds is 1. The number of thiophene rings is 1. The van der Waals surface area contributed by atoms with E-state index in [2.05, 4.69) is 28.6 Å². The molecule has 0 bridgehead atoms. The Morgan fingerprint density at radius 1 is 1.50 bits per heavy atom. The number of nitrogens with zero attached hydrogens (tertiary/aromatic N) is 1. The van der Waals surface area contributed by atoms with Gasteiger partial charge in [0, 0.05) is 36.6 Å². The first-order valence-electron chi connectivity index (χ1n) is 6.39. The third-order valence-electron chi connectivity index (χ3n) is 3.97. The molecule has 0 aromatic carbocycles. The van der Waals surface area contributed by atoms with Crippen molar-refractivity contribution in [3.63, 3.8) is 0 Å². The summed E-state index contributed by atoms with van der Waals surface area (Å²) >= 11 is 1.95. The molecule has 3 heteroatoms. The molecule has 3 rings (SSSR count). The van der Waals surface area contributed by atoms with Crippen LogP contribution in [0.5, 0.6) is 0 Å². The van der Waals surface area contributed by atoms with E-state index >= 15 is 0 Å². The molecule has 2 unspecified atom stereocenters. The minimum absolute atomic E-state index is 0.685. The second-order valence-electron chi connectivity index (χ2n) is 5.00. The molecule has 1 aromatic rings. The first kappa shape index (κ1) is 10.8. The molecular weight excluding hydrogens is 216 g/mol. The second-order valence-corrected chi connectivity index (χ2v) is 6.00. The summed E-state index contributed by atoms with van der Waals surface area (Å²) in [6, 6.07) is 3.75. The van der Waals surface area contributed by atoms with Gasteiger partial charge in [-0.05, 0) is 43.2 Å². The van der Waals surface area contributed by atoms with Crippen molar-refractivity contribution in [2.75, 3.05) is 19.6 Å². The monoisotopic (exact) mass is 236 g/mol. The summed E-state index contributed by atoms with van der Waals surface area (Å²) in [7, 11) is 0. The Balaban J connectivity index is 1.85. The van der Waals surface area contributed by atoms with Crippen LogP contribution in [0.2, 0.25) is 0 Å². The summed E-state index contributed by atoms with van der Waals surface area (Å²) < 4.78 is 0. The highest BCUT2D eigenvalue weighted by Gasteiger charge is 2.30. The molecule has 2 nitrogen and oxygen atoms in total. The highest BCUT2D eigenvalue weighted by atomic mass is 32.1. The van der Waals surface area contributed by atoms with Crippen LogP contribution in [0.1, 0.15) is 36.2 Å². The van der Waals surface area contributed by atoms with Crippen molar-refractivity contribution in [1.29, 1.82) is 0 Å². The van der Waals surface area contributed by atoms with E-state index < -0.39 is 0 Å². The van der Waals surface area contributed by atoms with Gasteiger partial charge in [0.1, 0.15) is 0 Å². The average Bonchev–Trinajstić information content (AvgIpc) is 2.77. The molecule has 2 atom stereocenters. The molecule has 1 aliphatic heterocycles. The third kappa shape index (κ3) is 1.81. The van der Waals surface area contributed by atoms with Gasteiger partial charge in [-0.25, -0.2) is 0 Å². The fraction of sp³-hybridized carbons (Fsp3) is 0.692. The van der Waals surface area contributed by atoms with E-state index in [9.17, 15) is 0 Å². The maximum Gasteiger partial charge on any atom is 0.0363 e. The van der Waals surface area contributed by atoms with Crippen molar-refractivity contribution in [2.45, 2.75) is 38.3 Å². The maximum atomic E-state index is 3.48. The topological polar surface area (TPSA) is 15.3 Å². The molecule has 1 aromatic heterocycles. The van der Waals surface area contributed by atoms with Crippen molar-refractivity contribution >= 4 is 11.3 Å². The molecule has 1 fully saturated rings. The van der Waals surface area contributed by atoms with Crippen molar-refractivity contribution in [3.05, 3.63) is 21.9 Å². The minimum Gasteiger partial charge on any atom is -0.314 e. The quantitative estimate of drug-likeness (QED) is 0.805. The van der Waals surface area contributed by atoms with E-state index in [1.165, 1.54) is 25.8 Å². The molecule has 1 aliphatic carbocycles. The van der Waals surface area contributed by atoms with Crippen molar-refractivity contribution in [2.24, 2.45) is 0 Å². The van der Waals surface area contributed by atoms with E-state index in [-0.39, 0.29) is 0 Å². The van der Waals surface area contributed by atoms with Gasteiger partial charge in [-0.2, -0.15) is 0 Å². The first-order valence-corrected chi connectivity index (χ1v) is 7.27. The number of hydrogen-bond acceptors (Lipinski definition) is 3. The van der Waals surface area contributed by atoms with Crippen LogP contribution >= 0.6 is 11.3 Å². The Hall–Kier alpha value is -0.380. The molecule has 1 saturated heterocycles. The standard InChI is InChI=1S/C13H20N2S/c1-10-9-14-6-7-15(10)12-3-2-4-13-11(12)5-8-16-13/h5,8,10,12,14H,2-4,6-7,9H2,1H3. The number of piperazine rings is 1. The van der Waals surface area contributed by atoms with Gasteiger partial charge >= 0.3 is 0 Å². The van der Waals surface area contributed by atoms with E-state index in [4.69, 9.17) is 0 Å². The third-order valence-corrected chi connectivity index (χ3v) is 4.97. The van der Waals surface area contributed by atoms with Gasteiger partial charge in [-0.3, -0.25) is 4.90 Å². The largest absolute Gasteiger partial charge is 0.314 e. The molecule has 2 aliphatic rings. The van der Waals surface area contributed by atoms with Crippen LogP contribution in [0.25, 0.3) is 0 Å². The Morgan fingerprint density at radius 3 is 3.31 bits per heavy atom. The van der Waals surface area contributed by atoms with Crippen molar-refractivity contribution in [3.8, 4) is 0 Å². The van der Waals surface area contributed by atoms with Crippen LogP contribution in [0.3, 0.4) is 0 Å². The maximum absolute atomic E-state index is 3.48. The Kier molecular flexibility index (Phi) is 3.01. The van der Waals surface area contributed by atoms with E-state index in [0.717, 1.165) is 13.1 Å². The zero-order valence-corrected chi connectivity index (χ0v) is 10.7. The Morgan fingerprint density at radius 2 is 2.44 bits per heavy atom. The lowest BCUT2D eigenvalue weighted by Gasteiger charge is -2.41. The number of fused-ring (bicyclic) bond motifs is 1. The van der Waals surface area contributed by atoms with Crippen LogP contribution < -0.4 is 5.32 Å². The molecule has 0 radical (unpaired) electrons. The number of nitrogens with one attached hydrogen (secondary N) is 1. The summed E-state index contributed by atoms with van der Waals surface area (Å²) in [4.78, 5) is 4.35.